The molecule has 0 spiro atoms. The number of anilines is 1. The van der Waals surface area contributed by atoms with Crippen LogP contribution in [0.15, 0.2) is 47.4 Å². The highest BCUT2D eigenvalue weighted by Gasteiger charge is 2.34. The van der Waals surface area contributed by atoms with Crippen molar-refractivity contribution in [3.63, 3.8) is 0 Å². The maximum Gasteiger partial charge on any atom is 0.297 e. The lowest BCUT2D eigenvalue weighted by molar-refractivity contribution is -0.384. The van der Waals surface area contributed by atoms with Crippen molar-refractivity contribution in [2.45, 2.75) is 18.7 Å². The van der Waals surface area contributed by atoms with Crippen molar-refractivity contribution >= 4 is 27.3 Å². The number of carbonyl (C=O) groups is 1. The second-order valence-corrected chi connectivity index (χ2v) is 7.00. The van der Waals surface area contributed by atoms with Crippen LogP contribution in [0.5, 0.6) is 5.75 Å². The molecule has 0 bridgehead atoms. The van der Waals surface area contributed by atoms with Crippen molar-refractivity contribution in [3.8, 4) is 5.75 Å². The Hall–Kier alpha value is -2.94. The summed E-state index contributed by atoms with van der Waals surface area (Å²) in [6, 6.07) is 9.43. The van der Waals surface area contributed by atoms with Crippen molar-refractivity contribution in [1.29, 1.82) is 0 Å². The summed E-state index contributed by atoms with van der Waals surface area (Å²) in [5, 5.41) is 11.3. The lowest BCUT2D eigenvalue weighted by atomic mass is 10.2. The van der Waals surface area contributed by atoms with Crippen LogP contribution in [0.4, 0.5) is 11.4 Å². The fourth-order valence-corrected chi connectivity index (χ4v) is 3.67. The Morgan fingerprint density at radius 1 is 1.16 bits per heavy atom. The van der Waals surface area contributed by atoms with Crippen LogP contribution in [0.25, 0.3) is 0 Å². The normalized spacial score (nSPS) is 11.0. The van der Waals surface area contributed by atoms with Crippen molar-refractivity contribution < 1.29 is 22.9 Å². The fraction of sp³-hybridized carbons (Fsp3) is 0.188. The Bertz CT molecular complexity index is 922. The average molecular weight is 364 g/mol. The Balaban J connectivity index is 2.69. The molecule has 0 fully saturated rings. The van der Waals surface area contributed by atoms with Gasteiger partial charge >= 0.3 is 0 Å². The van der Waals surface area contributed by atoms with E-state index in [-0.39, 0.29) is 16.3 Å². The first-order valence-electron chi connectivity index (χ1n) is 7.13. The minimum Gasteiger partial charge on any atom is -0.496 e. The van der Waals surface area contributed by atoms with Crippen LogP contribution in [-0.2, 0) is 14.8 Å². The van der Waals surface area contributed by atoms with Crippen molar-refractivity contribution in [2.24, 2.45) is 0 Å². The first kappa shape index (κ1) is 18.4. The van der Waals surface area contributed by atoms with E-state index in [1.807, 2.05) is 0 Å². The van der Waals surface area contributed by atoms with Gasteiger partial charge in [0.2, 0.25) is 5.91 Å². The first-order chi connectivity index (χ1) is 11.7. The number of ether oxygens (including phenoxy) is 1. The van der Waals surface area contributed by atoms with Crippen LogP contribution in [0.1, 0.15) is 12.5 Å². The molecule has 25 heavy (non-hydrogen) atoms. The molecular formula is C16H16N2O6S. The van der Waals surface area contributed by atoms with Gasteiger partial charge in [0.25, 0.3) is 15.7 Å². The molecule has 0 unspecified atom stereocenters. The molecule has 0 saturated carbocycles. The third-order valence-electron chi connectivity index (χ3n) is 3.44. The average Bonchev–Trinajstić information content (AvgIpc) is 2.54. The number of amides is 1. The van der Waals surface area contributed by atoms with Gasteiger partial charge in [-0.1, -0.05) is 17.7 Å². The van der Waals surface area contributed by atoms with E-state index in [1.54, 1.807) is 19.1 Å². The van der Waals surface area contributed by atoms with E-state index in [0.29, 0.717) is 4.31 Å². The van der Waals surface area contributed by atoms with Gasteiger partial charge in [-0.25, -0.2) is 8.42 Å². The lowest BCUT2D eigenvalue weighted by Gasteiger charge is -2.21. The second kappa shape index (κ2) is 6.89. The zero-order valence-electron chi connectivity index (χ0n) is 13.8. The van der Waals surface area contributed by atoms with Gasteiger partial charge in [-0.3, -0.25) is 14.9 Å². The third-order valence-corrected chi connectivity index (χ3v) is 5.25. The molecule has 2 aromatic rings. The molecule has 2 rings (SSSR count). The number of hydrogen-bond donors (Lipinski definition) is 0. The summed E-state index contributed by atoms with van der Waals surface area (Å²) in [5.41, 5.74) is -0.0622. The number of benzene rings is 2. The van der Waals surface area contributed by atoms with Crippen LogP contribution >= 0.6 is 0 Å². The minimum absolute atomic E-state index is 0.140. The van der Waals surface area contributed by atoms with Crippen LogP contribution in [0.3, 0.4) is 0 Å². The second-order valence-electron chi connectivity index (χ2n) is 5.21. The topological polar surface area (TPSA) is 107 Å². The summed E-state index contributed by atoms with van der Waals surface area (Å²) in [5.74, 6) is -0.694. The van der Waals surface area contributed by atoms with Gasteiger partial charge in [-0.15, -0.1) is 0 Å². The predicted octanol–water partition coefficient (Wildman–Crippen LogP) is 2.65. The van der Waals surface area contributed by atoms with Gasteiger partial charge in [0.1, 0.15) is 11.4 Å². The van der Waals surface area contributed by atoms with E-state index in [2.05, 4.69) is 0 Å². The summed E-state index contributed by atoms with van der Waals surface area (Å²) >= 11 is 0. The van der Waals surface area contributed by atoms with Crippen LogP contribution in [0.2, 0.25) is 0 Å². The SMILES string of the molecule is COc1ccc(N(C(C)=O)S(=O)(=O)c2ccc(C)cc2)c([N+](=O)[O-])c1. The molecule has 0 aliphatic rings. The molecule has 0 heterocycles. The van der Waals surface area contributed by atoms with Gasteiger partial charge in [0.05, 0.1) is 23.0 Å². The highest BCUT2D eigenvalue weighted by atomic mass is 32.2. The standard InChI is InChI=1S/C16H16N2O6S/c1-11-4-7-14(8-5-11)25(22,23)17(12(2)19)15-9-6-13(24-3)10-16(15)18(20)21/h4-10H,1-3H3. The number of sulfonamides is 1. The highest BCUT2D eigenvalue weighted by Crippen LogP contribution is 2.35. The molecule has 8 nitrogen and oxygen atoms in total. The molecular weight excluding hydrogens is 348 g/mol. The molecule has 2 aromatic carbocycles. The largest absolute Gasteiger partial charge is 0.496 e. The number of carbonyl (C=O) groups excluding carboxylic acids is 1. The lowest BCUT2D eigenvalue weighted by Crippen LogP contribution is -2.35. The Morgan fingerprint density at radius 3 is 2.24 bits per heavy atom. The molecule has 0 saturated heterocycles. The summed E-state index contributed by atoms with van der Waals surface area (Å²) in [6.45, 7) is 2.81. The van der Waals surface area contributed by atoms with Gasteiger partial charge in [-0.2, -0.15) is 4.31 Å². The van der Waals surface area contributed by atoms with Crippen molar-refractivity contribution in [3.05, 3.63) is 58.1 Å². The van der Waals surface area contributed by atoms with Crippen LogP contribution in [-0.4, -0.2) is 26.4 Å². The van der Waals surface area contributed by atoms with Gasteiger partial charge in [0, 0.05) is 6.92 Å². The maximum absolute atomic E-state index is 12.9. The molecule has 0 aliphatic carbocycles. The molecule has 0 aromatic heterocycles. The molecule has 132 valence electrons. The van der Waals surface area contributed by atoms with Gasteiger partial charge in [0.15, 0.2) is 0 Å². The Morgan fingerprint density at radius 2 is 1.76 bits per heavy atom. The molecule has 0 radical (unpaired) electrons. The molecule has 1 amide bonds. The summed E-state index contributed by atoms with van der Waals surface area (Å²) in [7, 11) is -2.98. The molecule has 0 atom stereocenters. The minimum atomic E-state index is -4.31. The number of aryl methyl sites for hydroxylation is 1. The van der Waals surface area contributed by atoms with E-state index in [0.717, 1.165) is 18.6 Å². The zero-order chi connectivity index (χ0) is 18.8. The number of methoxy groups -OCH3 is 1. The van der Waals surface area contributed by atoms with E-state index < -0.39 is 26.5 Å². The Labute approximate surface area is 144 Å². The summed E-state index contributed by atoms with van der Waals surface area (Å²) < 4.78 is 31.1. The summed E-state index contributed by atoms with van der Waals surface area (Å²) in [6.07, 6.45) is 0. The first-order valence-corrected chi connectivity index (χ1v) is 8.57. The quantitative estimate of drug-likeness (QED) is 0.596. The Kier molecular flexibility index (Phi) is 5.07. The fourth-order valence-electron chi connectivity index (χ4n) is 2.23. The van der Waals surface area contributed by atoms with Crippen molar-refractivity contribution in [2.75, 3.05) is 11.4 Å². The predicted molar refractivity (Wildman–Crippen MR) is 91.2 cm³/mol. The van der Waals surface area contributed by atoms with Crippen LogP contribution in [0, 0.1) is 17.0 Å². The smallest absolute Gasteiger partial charge is 0.297 e. The van der Waals surface area contributed by atoms with Crippen LogP contribution < -0.4 is 9.04 Å². The molecule has 9 heteroatoms. The van der Waals surface area contributed by atoms with Crippen molar-refractivity contribution in [1.82, 2.24) is 0 Å². The number of hydrogen-bond acceptors (Lipinski definition) is 6. The third kappa shape index (κ3) is 3.61. The maximum atomic E-state index is 12.9. The van der Waals surface area contributed by atoms with E-state index in [1.165, 1.54) is 31.4 Å². The zero-order valence-corrected chi connectivity index (χ0v) is 14.6. The molecule has 0 aliphatic heterocycles. The highest BCUT2D eigenvalue weighted by molar-refractivity contribution is 7.93. The summed E-state index contributed by atoms with van der Waals surface area (Å²) in [4.78, 5) is 22.5. The van der Waals surface area contributed by atoms with Gasteiger partial charge in [-0.05, 0) is 31.2 Å². The number of nitro benzene ring substituents is 1. The number of rotatable bonds is 5. The number of nitro groups is 1. The monoisotopic (exact) mass is 364 g/mol. The number of nitrogens with zero attached hydrogens (tertiary/aromatic N) is 2. The van der Waals surface area contributed by atoms with E-state index >= 15 is 0 Å². The van der Waals surface area contributed by atoms with E-state index in [4.69, 9.17) is 4.74 Å². The van der Waals surface area contributed by atoms with Gasteiger partial charge < -0.3 is 4.74 Å². The molecule has 0 N–H and O–H groups in total. The van der Waals surface area contributed by atoms with E-state index in [9.17, 15) is 23.3 Å².